The number of carbonyl (C=O) groups is 2. The molecule has 2 aliphatic rings. The molecule has 5 N–H and O–H groups in total. The highest BCUT2D eigenvalue weighted by atomic mass is 16.7. The molecule has 12 heteroatoms. The molecule has 292 valence electrons. The molecule has 0 spiro atoms. The fraction of sp³-hybridized carbons (Fsp3) is 0.795. The summed E-state index contributed by atoms with van der Waals surface area (Å²) in [5.41, 5.74) is -3.89. The highest BCUT2D eigenvalue weighted by Crippen LogP contribution is 2.43. The van der Waals surface area contributed by atoms with Gasteiger partial charge in [-0.3, -0.25) is 9.59 Å². The molecule has 1 aromatic rings. The molecule has 3 rings (SSSR count). The summed E-state index contributed by atoms with van der Waals surface area (Å²) in [7, 11) is 5.21. The Hall–Kier alpha value is -2.00. The highest BCUT2D eigenvalue weighted by Gasteiger charge is 2.56. The Balaban J connectivity index is 2.06. The second-order valence-corrected chi connectivity index (χ2v) is 16.0. The molecule has 3 unspecified atom stereocenters. The van der Waals surface area contributed by atoms with E-state index in [0.29, 0.717) is 19.5 Å². The maximum absolute atomic E-state index is 14.2. The number of ether oxygens (including phenoxy) is 4. The van der Waals surface area contributed by atoms with Gasteiger partial charge in [0.1, 0.15) is 23.7 Å². The van der Waals surface area contributed by atoms with E-state index in [4.69, 9.17) is 18.9 Å². The van der Waals surface area contributed by atoms with Crippen LogP contribution < -0.4 is 5.32 Å². The van der Waals surface area contributed by atoms with Gasteiger partial charge in [-0.05, 0) is 92.4 Å². The molecule has 2 aliphatic heterocycles. The summed E-state index contributed by atoms with van der Waals surface area (Å²) < 4.78 is 24.7. The summed E-state index contributed by atoms with van der Waals surface area (Å²) in [5.74, 6) is -5.11. The predicted octanol–water partition coefficient (Wildman–Crippen LogP) is 3.06. The molecule has 51 heavy (non-hydrogen) atoms. The van der Waals surface area contributed by atoms with E-state index in [-0.39, 0.29) is 31.4 Å². The molecule has 0 saturated carbocycles. The van der Waals surface area contributed by atoms with E-state index in [9.17, 15) is 30.0 Å². The molecule has 2 saturated heterocycles. The van der Waals surface area contributed by atoms with Crippen molar-refractivity contribution in [1.29, 1.82) is 0 Å². The number of cyclic esters (lactones) is 1. The van der Waals surface area contributed by atoms with Crippen LogP contribution in [-0.4, -0.2) is 124 Å². The fourth-order valence-corrected chi connectivity index (χ4v) is 8.43. The van der Waals surface area contributed by atoms with Gasteiger partial charge in [0.2, 0.25) is 0 Å². The van der Waals surface area contributed by atoms with Crippen LogP contribution >= 0.6 is 0 Å². The first-order valence-electron chi connectivity index (χ1n) is 18.5. The van der Waals surface area contributed by atoms with Crippen LogP contribution in [0.5, 0.6) is 0 Å². The van der Waals surface area contributed by atoms with E-state index >= 15 is 0 Å². The Morgan fingerprint density at radius 3 is 2.20 bits per heavy atom. The number of methoxy groups -OCH3 is 1. The molecule has 2 heterocycles. The Labute approximate surface area is 305 Å². The minimum Gasteiger partial charge on any atom is -0.459 e. The molecule has 0 aliphatic carbocycles. The third-order valence-corrected chi connectivity index (χ3v) is 11.6. The van der Waals surface area contributed by atoms with E-state index in [1.54, 1.807) is 27.7 Å². The highest BCUT2D eigenvalue weighted by molar-refractivity contribution is 6.00. The number of likely N-dealkylation sites (N-methyl/N-ethyl adjacent to an activating group) is 1. The van der Waals surface area contributed by atoms with Crippen LogP contribution in [0.2, 0.25) is 0 Å². The van der Waals surface area contributed by atoms with Crippen molar-refractivity contribution in [3.8, 4) is 0 Å². The van der Waals surface area contributed by atoms with Crippen LogP contribution in [0.3, 0.4) is 0 Å². The number of aliphatic hydroxyl groups excluding tert-OH is 2. The van der Waals surface area contributed by atoms with Crippen molar-refractivity contribution >= 4 is 11.8 Å². The predicted molar refractivity (Wildman–Crippen MR) is 194 cm³/mol. The average molecular weight is 723 g/mol. The van der Waals surface area contributed by atoms with Gasteiger partial charge in [0.25, 0.3) is 0 Å². The molecule has 2 fully saturated rings. The minimum atomic E-state index is -1.88. The van der Waals surface area contributed by atoms with Gasteiger partial charge in [-0.25, -0.2) is 0 Å². The number of aliphatic hydroxyl groups is 4. The second-order valence-electron chi connectivity index (χ2n) is 16.0. The molecule has 0 radical (unpaired) electrons. The van der Waals surface area contributed by atoms with Gasteiger partial charge >= 0.3 is 5.97 Å². The number of rotatable bonds is 10. The number of hydrogen-bond acceptors (Lipinski definition) is 12. The van der Waals surface area contributed by atoms with E-state index in [0.717, 1.165) is 5.56 Å². The lowest BCUT2D eigenvalue weighted by Gasteiger charge is -2.50. The number of nitrogens with one attached hydrogen (secondary N) is 1. The first kappa shape index (κ1) is 43.4. The quantitative estimate of drug-likeness (QED) is 0.136. The van der Waals surface area contributed by atoms with Crippen LogP contribution in [0.4, 0.5) is 0 Å². The van der Waals surface area contributed by atoms with Crippen LogP contribution in [0.1, 0.15) is 86.6 Å². The zero-order valence-corrected chi connectivity index (χ0v) is 32.7. The van der Waals surface area contributed by atoms with Gasteiger partial charge in [-0.2, -0.15) is 0 Å². The first-order chi connectivity index (χ1) is 23.7. The third-order valence-electron chi connectivity index (χ3n) is 11.6. The van der Waals surface area contributed by atoms with Gasteiger partial charge in [0.15, 0.2) is 12.1 Å². The molecule has 0 aromatic heterocycles. The fourth-order valence-electron chi connectivity index (χ4n) is 8.43. The van der Waals surface area contributed by atoms with Gasteiger partial charge in [0.05, 0.1) is 29.5 Å². The van der Waals surface area contributed by atoms with E-state index in [2.05, 4.69) is 5.32 Å². The van der Waals surface area contributed by atoms with Crippen molar-refractivity contribution in [2.75, 3.05) is 27.7 Å². The summed E-state index contributed by atoms with van der Waals surface area (Å²) in [4.78, 5) is 29.8. The maximum Gasteiger partial charge on any atom is 0.316 e. The number of ketones is 1. The van der Waals surface area contributed by atoms with E-state index < -0.39 is 82.9 Å². The van der Waals surface area contributed by atoms with Crippen molar-refractivity contribution < 1.29 is 49.0 Å². The minimum absolute atomic E-state index is 0.107. The van der Waals surface area contributed by atoms with Crippen LogP contribution in [0.15, 0.2) is 30.3 Å². The van der Waals surface area contributed by atoms with Gasteiger partial charge in [-0.15, -0.1) is 0 Å². The molecule has 1 aromatic carbocycles. The van der Waals surface area contributed by atoms with Crippen molar-refractivity contribution in [2.24, 2.45) is 23.7 Å². The smallest absolute Gasteiger partial charge is 0.316 e. The van der Waals surface area contributed by atoms with Crippen LogP contribution in [0.25, 0.3) is 0 Å². The van der Waals surface area contributed by atoms with Crippen molar-refractivity contribution in [1.82, 2.24) is 10.2 Å². The van der Waals surface area contributed by atoms with Crippen molar-refractivity contribution in [2.45, 2.75) is 147 Å². The second kappa shape index (κ2) is 17.9. The molecule has 14 atom stereocenters. The molecule has 0 bridgehead atoms. The lowest BCUT2D eigenvalue weighted by Crippen LogP contribution is -2.63. The van der Waals surface area contributed by atoms with Gasteiger partial charge in [-0.1, -0.05) is 51.1 Å². The van der Waals surface area contributed by atoms with Crippen LogP contribution in [-0.2, 0) is 35.1 Å². The SMILES string of the molecule is CC[C@H]1OC(=O)C(C)C(=O)[C@@H](C)[C@@H](O[C@@H]2O[C@H](C)C[C@H](N(C)C)[C@H]2O)[C@](C)(OC)C[C@@H](C)C(O)C(C)(O)[C@H](CCNCc2ccccc2)[C@]1(C)O. The molecular weight excluding hydrogens is 656 g/mol. The topological polar surface area (TPSA) is 167 Å². The summed E-state index contributed by atoms with van der Waals surface area (Å²) in [6.45, 7) is 14.3. The summed E-state index contributed by atoms with van der Waals surface area (Å²) in [5, 5.41) is 51.3. The number of nitrogens with zero attached hydrogens (tertiary/aromatic N) is 1. The molecule has 12 nitrogen and oxygen atoms in total. The van der Waals surface area contributed by atoms with Crippen molar-refractivity contribution in [3.05, 3.63) is 35.9 Å². The lowest BCUT2D eigenvalue weighted by molar-refractivity contribution is -0.297. The first-order valence-corrected chi connectivity index (χ1v) is 18.5. The average Bonchev–Trinajstić information content (AvgIpc) is 3.08. The number of benzene rings is 1. The number of carbonyl (C=O) groups excluding carboxylic acids is 2. The van der Waals surface area contributed by atoms with Crippen LogP contribution in [0, 0.1) is 23.7 Å². The lowest BCUT2D eigenvalue weighted by atomic mass is 9.66. The summed E-state index contributed by atoms with van der Waals surface area (Å²) in [6.07, 6.45) is -4.87. The normalized spacial score (nSPS) is 42.0. The number of esters is 1. The van der Waals surface area contributed by atoms with Gasteiger partial charge < -0.3 is 49.6 Å². The standard InChI is InChI=1S/C39H66N2O10/c1-12-30-38(7,46)29(18-19-40-22-27-16-14-13-15-17-27)39(8,47)33(44)23(2)21-37(6,48-11)34(25(4)31(42)26(5)35(45)50-30)51-36-32(43)28(41(9)10)20-24(3)49-36/h13-17,23-26,28-30,32-34,36,40,43-44,46-47H,12,18-22H2,1-11H3/t23-,24-,25-,26?,28+,29-,30-,32-,33?,34-,36+,37-,38+,39?/m1/s1. The maximum atomic E-state index is 14.2. The zero-order valence-electron chi connectivity index (χ0n) is 32.7. The molecule has 0 amide bonds. The summed E-state index contributed by atoms with van der Waals surface area (Å²) >= 11 is 0. The van der Waals surface area contributed by atoms with Crippen molar-refractivity contribution in [3.63, 3.8) is 0 Å². The number of Topliss-reactive ketones (excluding diaryl/α,β-unsaturated/α-hetero) is 1. The van der Waals surface area contributed by atoms with Gasteiger partial charge in [0, 0.05) is 31.5 Å². The Morgan fingerprint density at radius 1 is 1.00 bits per heavy atom. The number of hydrogen-bond donors (Lipinski definition) is 5. The Kier molecular flexibility index (Phi) is 15.2. The molecular formula is C39H66N2O10. The monoisotopic (exact) mass is 722 g/mol. The zero-order chi connectivity index (χ0) is 38.5. The largest absolute Gasteiger partial charge is 0.459 e. The Morgan fingerprint density at radius 2 is 1.63 bits per heavy atom. The van der Waals surface area contributed by atoms with E-state index in [1.165, 1.54) is 27.9 Å². The third kappa shape index (κ3) is 9.96. The Bertz CT molecular complexity index is 1260. The summed E-state index contributed by atoms with van der Waals surface area (Å²) in [6, 6.07) is 9.54. The van der Waals surface area contributed by atoms with E-state index in [1.807, 2.05) is 56.3 Å².